The van der Waals surface area contributed by atoms with Crippen LogP contribution in [-0.4, -0.2) is 24.2 Å². The molecule has 20 heavy (non-hydrogen) atoms. The molecule has 1 N–H and O–H groups in total. The summed E-state index contributed by atoms with van der Waals surface area (Å²) >= 11 is 0. The summed E-state index contributed by atoms with van der Waals surface area (Å²) in [5.41, 5.74) is -0.416. The molecule has 1 aliphatic heterocycles. The standard InChI is InChI=1S/C14H17F3N2O/c15-14(16,17)10-2-5-19-12(6-10)20-11-7-13(8-11)3-1-4-18-9-13/h2,5-6,11,18H,1,3-4,7-9H2. The van der Waals surface area contributed by atoms with Gasteiger partial charge in [0.1, 0.15) is 6.10 Å². The van der Waals surface area contributed by atoms with Crippen LogP contribution in [0.2, 0.25) is 0 Å². The highest BCUT2D eigenvalue weighted by Gasteiger charge is 2.46. The van der Waals surface area contributed by atoms with Gasteiger partial charge in [0.15, 0.2) is 0 Å². The monoisotopic (exact) mass is 286 g/mol. The molecule has 3 nitrogen and oxygen atoms in total. The first-order chi connectivity index (χ1) is 9.47. The highest BCUT2D eigenvalue weighted by molar-refractivity contribution is 5.23. The third kappa shape index (κ3) is 2.75. The van der Waals surface area contributed by atoms with Crippen LogP contribution < -0.4 is 10.1 Å². The Bertz CT molecular complexity index is 476. The summed E-state index contributed by atoms with van der Waals surface area (Å²) in [6.07, 6.45) is 0.926. The molecule has 0 amide bonds. The summed E-state index contributed by atoms with van der Waals surface area (Å²) in [6, 6.07) is 1.93. The maximum absolute atomic E-state index is 12.6. The number of alkyl halides is 3. The van der Waals surface area contributed by atoms with Crippen LogP contribution in [0.4, 0.5) is 13.2 Å². The fourth-order valence-electron chi connectivity index (χ4n) is 3.19. The number of nitrogens with one attached hydrogen (secondary N) is 1. The number of hydrogen-bond acceptors (Lipinski definition) is 3. The van der Waals surface area contributed by atoms with Crippen molar-refractivity contribution in [2.75, 3.05) is 13.1 Å². The van der Waals surface area contributed by atoms with Crippen LogP contribution >= 0.6 is 0 Å². The van der Waals surface area contributed by atoms with E-state index < -0.39 is 11.7 Å². The number of pyridine rings is 1. The molecule has 0 bridgehead atoms. The largest absolute Gasteiger partial charge is 0.474 e. The van der Waals surface area contributed by atoms with E-state index in [4.69, 9.17) is 4.74 Å². The summed E-state index contributed by atoms with van der Waals surface area (Å²) in [5, 5.41) is 3.37. The Morgan fingerprint density at radius 1 is 1.35 bits per heavy atom. The van der Waals surface area contributed by atoms with E-state index in [1.165, 1.54) is 6.42 Å². The van der Waals surface area contributed by atoms with Crippen LogP contribution in [0, 0.1) is 5.41 Å². The molecule has 1 aliphatic carbocycles. The van der Waals surface area contributed by atoms with E-state index in [0.717, 1.165) is 50.7 Å². The molecule has 3 rings (SSSR count). The van der Waals surface area contributed by atoms with Crippen molar-refractivity contribution in [3.05, 3.63) is 23.9 Å². The van der Waals surface area contributed by atoms with Crippen LogP contribution in [0.15, 0.2) is 18.3 Å². The lowest BCUT2D eigenvalue weighted by Gasteiger charge is -2.49. The van der Waals surface area contributed by atoms with E-state index >= 15 is 0 Å². The Morgan fingerprint density at radius 2 is 2.15 bits per heavy atom. The Morgan fingerprint density at radius 3 is 2.80 bits per heavy atom. The number of halogens is 3. The molecule has 1 spiro atoms. The third-order valence-electron chi connectivity index (χ3n) is 4.23. The van der Waals surface area contributed by atoms with Crippen LogP contribution in [0.25, 0.3) is 0 Å². The first kappa shape index (κ1) is 13.7. The maximum Gasteiger partial charge on any atom is 0.416 e. The molecule has 2 aliphatic rings. The molecular weight excluding hydrogens is 269 g/mol. The quantitative estimate of drug-likeness (QED) is 0.907. The van der Waals surface area contributed by atoms with E-state index in [2.05, 4.69) is 10.3 Å². The summed E-state index contributed by atoms with van der Waals surface area (Å²) in [6.45, 7) is 2.05. The Kier molecular flexibility index (Phi) is 3.36. The number of nitrogens with zero attached hydrogens (tertiary/aromatic N) is 1. The SMILES string of the molecule is FC(F)(F)c1ccnc(OC2CC3(CCCNC3)C2)c1. The molecule has 110 valence electrons. The highest BCUT2D eigenvalue weighted by atomic mass is 19.4. The first-order valence-corrected chi connectivity index (χ1v) is 6.88. The van der Waals surface area contributed by atoms with E-state index in [0.29, 0.717) is 5.41 Å². The first-order valence-electron chi connectivity index (χ1n) is 6.88. The van der Waals surface area contributed by atoms with Crippen LogP contribution in [0.5, 0.6) is 5.88 Å². The molecule has 6 heteroatoms. The van der Waals surface area contributed by atoms with E-state index in [1.807, 2.05) is 0 Å². The smallest absolute Gasteiger partial charge is 0.416 e. The Labute approximate surface area is 115 Å². The predicted octanol–water partition coefficient (Wildman–Crippen LogP) is 3.01. The minimum atomic E-state index is -4.35. The van der Waals surface area contributed by atoms with Crippen molar-refractivity contribution < 1.29 is 17.9 Å². The Balaban J connectivity index is 1.60. The van der Waals surface area contributed by atoms with E-state index in [1.54, 1.807) is 0 Å². The lowest BCUT2D eigenvalue weighted by molar-refractivity contribution is -0.137. The number of rotatable bonds is 2. The van der Waals surface area contributed by atoms with Crippen molar-refractivity contribution >= 4 is 0 Å². The Hall–Kier alpha value is -1.30. The fourth-order valence-corrected chi connectivity index (χ4v) is 3.19. The molecule has 2 heterocycles. The van der Waals surface area contributed by atoms with Gasteiger partial charge in [0.05, 0.1) is 5.56 Å². The number of hydrogen-bond donors (Lipinski definition) is 1. The summed E-state index contributed by atoms with van der Waals surface area (Å²) in [7, 11) is 0. The zero-order valence-electron chi connectivity index (χ0n) is 11.0. The second-order valence-corrected chi connectivity index (χ2v) is 5.81. The lowest BCUT2D eigenvalue weighted by atomic mass is 9.63. The van der Waals surface area contributed by atoms with Crippen molar-refractivity contribution in [1.29, 1.82) is 0 Å². The summed E-state index contributed by atoms with van der Waals surface area (Å²) in [4.78, 5) is 3.87. The normalized spacial score (nSPS) is 30.1. The molecule has 0 radical (unpaired) electrons. The van der Waals surface area contributed by atoms with Gasteiger partial charge in [-0.3, -0.25) is 0 Å². The minimum Gasteiger partial charge on any atom is -0.474 e. The topological polar surface area (TPSA) is 34.1 Å². The van der Waals surface area contributed by atoms with Gasteiger partial charge < -0.3 is 10.1 Å². The van der Waals surface area contributed by atoms with Gasteiger partial charge in [-0.2, -0.15) is 13.2 Å². The van der Waals surface area contributed by atoms with Gasteiger partial charge in [0.2, 0.25) is 5.88 Å². The van der Waals surface area contributed by atoms with Gasteiger partial charge in [-0.05, 0) is 43.7 Å². The second kappa shape index (κ2) is 4.91. The molecule has 0 unspecified atom stereocenters. The van der Waals surface area contributed by atoms with Crippen molar-refractivity contribution in [2.24, 2.45) is 5.41 Å². The number of aromatic nitrogens is 1. The minimum absolute atomic E-state index is 0.00844. The van der Waals surface area contributed by atoms with Gasteiger partial charge in [-0.1, -0.05) is 0 Å². The highest BCUT2D eigenvalue weighted by Crippen LogP contribution is 2.47. The average molecular weight is 286 g/mol. The summed E-state index contributed by atoms with van der Waals surface area (Å²) in [5.74, 6) is 0.0726. The van der Waals surface area contributed by atoms with Crippen molar-refractivity contribution in [1.82, 2.24) is 10.3 Å². The molecule has 1 aromatic rings. The average Bonchev–Trinajstić information content (AvgIpc) is 2.37. The third-order valence-corrected chi connectivity index (χ3v) is 4.23. The maximum atomic E-state index is 12.6. The van der Waals surface area contributed by atoms with E-state index in [-0.39, 0.29) is 12.0 Å². The summed E-state index contributed by atoms with van der Waals surface area (Å²) < 4.78 is 43.4. The molecule has 1 saturated carbocycles. The predicted molar refractivity (Wildman–Crippen MR) is 67.4 cm³/mol. The molecular formula is C14H17F3N2O. The van der Waals surface area contributed by atoms with Gasteiger partial charge >= 0.3 is 6.18 Å². The van der Waals surface area contributed by atoms with Crippen molar-refractivity contribution in [2.45, 2.75) is 38.0 Å². The lowest BCUT2D eigenvalue weighted by Crippen LogP contribution is -2.52. The molecule has 2 fully saturated rings. The van der Waals surface area contributed by atoms with Gasteiger partial charge in [-0.15, -0.1) is 0 Å². The fraction of sp³-hybridized carbons (Fsp3) is 0.643. The number of ether oxygens (including phenoxy) is 1. The second-order valence-electron chi connectivity index (χ2n) is 5.81. The van der Waals surface area contributed by atoms with Gasteiger partial charge in [-0.25, -0.2) is 4.98 Å². The van der Waals surface area contributed by atoms with Crippen LogP contribution in [0.1, 0.15) is 31.2 Å². The van der Waals surface area contributed by atoms with Crippen LogP contribution in [-0.2, 0) is 6.18 Å². The van der Waals surface area contributed by atoms with Crippen LogP contribution in [0.3, 0.4) is 0 Å². The zero-order valence-corrected chi connectivity index (χ0v) is 11.0. The van der Waals surface area contributed by atoms with Crippen molar-refractivity contribution in [3.8, 4) is 5.88 Å². The number of piperidine rings is 1. The van der Waals surface area contributed by atoms with E-state index in [9.17, 15) is 13.2 Å². The van der Waals surface area contributed by atoms with Crippen molar-refractivity contribution in [3.63, 3.8) is 0 Å². The zero-order chi connectivity index (χ0) is 14.2. The molecule has 1 saturated heterocycles. The van der Waals surface area contributed by atoms with Gasteiger partial charge in [0.25, 0.3) is 0 Å². The van der Waals surface area contributed by atoms with Gasteiger partial charge in [0, 0.05) is 18.8 Å². The molecule has 0 atom stereocenters. The molecule has 0 aromatic carbocycles. The molecule has 1 aromatic heterocycles.